The number of amides is 1. The van der Waals surface area contributed by atoms with Crippen molar-refractivity contribution in [3.8, 4) is 17.6 Å². The van der Waals surface area contributed by atoms with Crippen LogP contribution in [0.5, 0.6) is 5.75 Å². The number of carbonyl (C=O) groups excluding carboxylic acids is 1. The largest absolute Gasteiger partial charge is 0.495 e. The van der Waals surface area contributed by atoms with Crippen LogP contribution in [-0.4, -0.2) is 79.8 Å². The lowest BCUT2D eigenvalue weighted by atomic mass is 10.0. The SMILES string of the molecule is CNC(=O)c1ccc(NCC#Cc2cc3c(N[C@@H]4CCN(C)C[C@@H]4F)ccc4n3c2SCCS4)c(OC)c1. The van der Waals surface area contributed by atoms with Crippen molar-refractivity contribution in [1.82, 2.24) is 14.6 Å². The molecule has 1 fully saturated rings. The molecule has 0 unspecified atom stereocenters. The lowest BCUT2D eigenvalue weighted by Crippen LogP contribution is -2.46. The molecule has 1 saturated heterocycles. The highest BCUT2D eigenvalue weighted by Gasteiger charge is 2.28. The molecule has 1 amide bonds. The summed E-state index contributed by atoms with van der Waals surface area (Å²) >= 11 is 3.65. The van der Waals surface area contributed by atoms with E-state index in [4.69, 9.17) is 4.74 Å². The minimum absolute atomic E-state index is 0.165. The molecule has 3 aromatic rings. The molecule has 7 nitrogen and oxygen atoms in total. The van der Waals surface area contributed by atoms with Gasteiger partial charge in [-0.1, -0.05) is 11.8 Å². The third kappa shape index (κ3) is 5.55. The summed E-state index contributed by atoms with van der Waals surface area (Å²) in [5.41, 5.74) is 4.26. The number of pyridine rings is 1. The van der Waals surface area contributed by atoms with Crippen molar-refractivity contribution in [3.05, 3.63) is 47.5 Å². The van der Waals surface area contributed by atoms with Crippen LogP contribution >= 0.6 is 23.5 Å². The topological polar surface area (TPSA) is 70.0 Å². The summed E-state index contributed by atoms with van der Waals surface area (Å²) in [5.74, 6) is 9.05. The van der Waals surface area contributed by atoms with Crippen LogP contribution in [0.1, 0.15) is 22.3 Å². The van der Waals surface area contributed by atoms with Gasteiger partial charge >= 0.3 is 0 Å². The number of methoxy groups -OCH3 is 1. The Morgan fingerprint density at radius 3 is 2.79 bits per heavy atom. The highest BCUT2D eigenvalue weighted by Crippen LogP contribution is 2.38. The van der Waals surface area contributed by atoms with E-state index in [1.807, 2.05) is 41.5 Å². The molecular formula is C28H32FN5O2S2. The van der Waals surface area contributed by atoms with Gasteiger partial charge in [-0.05, 0) is 49.9 Å². The number of hydrogen-bond acceptors (Lipinski definition) is 7. The lowest BCUT2D eigenvalue weighted by molar-refractivity contribution is 0.0962. The van der Waals surface area contributed by atoms with Crippen molar-refractivity contribution in [3.63, 3.8) is 0 Å². The number of ether oxygens (including phenoxy) is 1. The zero-order valence-corrected chi connectivity index (χ0v) is 23.4. The third-order valence-electron chi connectivity index (χ3n) is 6.78. The zero-order valence-electron chi connectivity index (χ0n) is 21.8. The van der Waals surface area contributed by atoms with Crippen molar-refractivity contribution in [2.45, 2.75) is 28.7 Å². The second-order valence-corrected chi connectivity index (χ2v) is 11.5. The van der Waals surface area contributed by atoms with Crippen molar-refractivity contribution < 1.29 is 13.9 Å². The van der Waals surface area contributed by atoms with E-state index in [2.05, 4.69) is 50.4 Å². The van der Waals surface area contributed by atoms with E-state index in [1.54, 1.807) is 26.3 Å². The molecule has 0 spiro atoms. The van der Waals surface area contributed by atoms with Crippen LogP contribution in [0.3, 0.4) is 0 Å². The first kappa shape index (κ1) is 26.6. The summed E-state index contributed by atoms with van der Waals surface area (Å²) in [6.07, 6.45) is -0.135. The summed E-state index contributed by atoms with van der Waals surface area (Å²) in [6.45, 7) is 1.75. The van der Waals surface area contributed by atoms with Crippen LogP contribution in [0.2, 0.25) is 0 Å². The van der Waals surface area contributed by atoms with Gasteiger partial charge in [0.25, 0.3) is 5.91 Å². The fourth-order valence-corrected chi connectivity index (χ4v) is 7.00. The molecule has 1 aromatic carbocycles. The van der Waals surface area contributed by atoms with Gasteiger partial charge in [0.15, 0.2) is 0 Å². The van der Waals surface area contributed by atoms with Crippen LogP contribution in [0.4, 0.5) is 15.8 Å². The van der Waals surface area contributed by atoms with Crippen molar-refractivity contribution in [1.29, 1.82) is 0 Å². The number of rotatable bonds is 6. The Labute approximate surface area is 231 Å². The molecule has 4 heterocycles. The predicted molar refractivity (Wildman–Crippen MR) is 155 cm³/mol. The normalized spacial score (nSPS) is 19.3. The quantitative estimate of drug-likeness (QED) is 0.391. The van der Waals surface area contributed by atoms with Crippen molar-refractivity contribution in [2.24, 2.45) is 0 Å². The highest BCUT2D eigenvalue weighted by molar-refractivity contribution is 8.03. The second-order valence-electron chi connectivity index (χ2n) is 9.33. The number of nitrogens with one attached hydrogen (secondary N) is 3. The van der Waals surface area contributed by atoms with Crippen LogP contribution in [0, 0.1) is 11.8 Å². The van der Waals surface area contributed by atoms with E-state index in [1.165, 1.54) is 5.03 Å². The molecule has 10 heteroatoms. The smallest absolute Gasteiger partial charge is 0.251 e. The molecule has 2 aromatic heterocycles. The number of likely N-dealkylation sites (tertiary alicyclic amines) is 1. The van der Waals surface area contributed by atoms with Gasteiger partial charge in [-0.3, -0.25) is 9.20 Å². The first-order chi connectivity index (χ1) is 18.5. The van der Waals surface area contributed by atoms with Gasteiger partial charge < -0.3 is 25.6 Å². The van der Waals surface area contributed by atoms with Crippen LogP contribution in [0.15, 0.2) is 46.5 Å². The molecule has 3 N–H and O–H groups in total. The number of alkyl halides is 1. The number of piperidine rings is 1. The van der Waals surface area contributed by atoms with Crippen LogP contribution in [0.25, 0.3) is 5.52 Å². The standard InChI is InChI=1S/C28H32FN5O2S2/c1-30-27(35)18-6-7-23(25(16-18)36-3)31-11-4-5-19-15-24-22(32-21-10-12-33(2)17-20(21)29)8-9-26-34(24)28(19)38-14-13-37-26/h6-9,15-16,20-21,31-32H,10-14,17H2,1-3H3,(H,30,35)/t20-,21+/m0/s1. The van der Waals surface area contributed by atoms with Crippen LogP contribution < -0.4 is 20.7 Å². The monoisotopic (exact) mass is 553 g/mol. The van der Waals surface area contributed by atoms with Gasteiger partial charge in [0.1, 0.15) is 11.9 Å². The molecule has 2 aliphatic rings. The van der Waals surface area contributed by atoms with Gasteiger partial charge in [-0.25, -0.2) is 4.39 Å². The molecule has 0 radical (unpaired) electrons. The van der Waals surface area contributed by atoms with E-state index in [0.29, 0.717) is 24.4 Å². The predicted octanol–water partition coefficient (Wildman–Crippen LogP) is 4.42. The summed E-state index contributed by atoms with van der Waals surface area (Å²) in [7, 11) is 5.15. The number of benzene rings is 1. The molecule has 200 valence electrons. The Morgan fingerprint density at radius 2 is 2.00 bits per heavy atom. The van der Waals surface area contributed by atoms with Crippen molar-refractivity contribution >= 4 is 46.3 Å². The van der Waals surface area contributed by atoms with Gasteiger partial charge in [-0.15, -0.1) is 23.5 Å². The third-order valence-corrected chi connectivity index (χ3v) is 9.15. The molecule has 2 aliphatic heterocycles. The number of thioether (sulfide) groups is 2. The minimum Gasteiger partial charge on any atom is -0.495 e. The molecule has 0 bridgehead atoms. The maximum atomic E-state index is 14.8. The lowest BCUT2D eigenvalue weighted by Gasteiger charge is -2.33. The number of nitrogens with zero attached hydrogens (tertiary/aromatic N) is 2. The molecule has 38 heavy (non-hydrogen) atoms. The number of anilines is 2. The Balaban J connectivity index is 1.39. The molecular weight excluding hydrogens is 521 g/mol. The average Bonchev–Trinajstić information content (AvgIpc) is 3.15. The van der Waals surface area contributed by atoms with Gasteiger partial charge in [0.2, 0.25) is 0 Å². The highest BCUT2D eigenvalue weighted by atomic mass is 32.2. The van der Waals surface area contributed by atoms with E-state index in [9.17, 15) is 9.18 Å². The van der Waals surface area contributed by atoms with Gasteiger partial charge in [-0.2, -0.15) is 0 Å². The number of carbonyl (C=O) groups is 1. The second kappa shape index (κ2) is 11.8. The molecule has 2 atom stereocenters. The van der Waals surface area contributed by atoms with Crippen LogP contribution in [-0.2, 0) is 0 Å². The van der Waals surface area contributed by atoms with Crippen molar-refractivity contribution in [2.75, 3.05) is 63.0 Å². The maximum absolute atomic E-state index is 14.8. The molecule has 0 saturated carbocycles. The first-order valence-electron chi connectivity index (χ1n) is 12.6. The minimum atomic E-state index is -0.907. The molecule has 0 aliphatic carbocycles. The summed E-state index contributed by atoms with van der Waals surface area (Å²) in [5, 5.41) is 11.7. The summed E-state index contributed by atoms with van der Waals surface area (Å²) < 4.78 is 22.5. The summed E-state index contributed by atoms with van der Waals surface area (Å²) in [6, 6.07) is 11.4. The number of halogens is 1. The Morgan fingerprint density at radius 1 is 1.18 bits per heavy atom. The number of aromatic nitrogens is 1. The maximum Gasteiger partial charge on any atom is 0.251 e. The Bertz CT molecular complexity index is 1400. The Hall–Kier alpha value is -3.00. The average molecular weight is 554 g/mol. The van der Waals surface area contributed by atoms with Gasteiger partial charge in [0.05, 0.1) is 52.2 Å². The fraction of sp³-hybridized carbons (Fsp3) is 0.393. The fourth-order valence-electron chi connectivity index (χ4n) is 4.80. The zero-order chi connectivity index (χ0) is 26.6. The molecule has 5 rings (SSSR count). The Kier molecular flexibility index (Phi) is 8.27. The van der Waals surface area contributed by atoms with E-state index in [0.717, 1.165) is 52.0 Å². The van der Waals surface area contributed by atoms with E-state index < -0.39 is 6.17 Å². The summed E-state index contributed by atoms with van der Waals surface area (Å²) in [4.78, 5) is 14.0. The van der Waals surface area contributed by atoms with E-state index >= 15 is 0 Å². The van der Waals surface area contributed by atoms with E-state index in [-0.39, 0.29) is 11.9 Å². The van der Waals surface area contributed by atoms with Gasteiger partial charge in [0, 0.05) is 37.2 Å². The number of hydrogen-bond donors (Lipinski definition) is 3. The first-order valence-corrected chi connectivity index (χ1v) is 14.6.